The van der Waals surface area contributed by atoms with Crippen molar-refractivity contribution in [2.75, 3.05) is 19.6 Å². The highest BCUT2D eigenvalue weighted by molar-refractivity contribution is 5.12. The number of rotatable bonds is 5. The summed E-state index contributed by atoms with van der Waals surface area (Å²) in [6.45, 7) is 5.32. The summed E-state index contributed by atoms with van der Waals surface area (Å²) in [5.74, 6) is 0.867. The average Bonchev–Trinajstić information content (AvgIpc) is 2.92. The lowest BCUT2D eigenvalue weighted by atomic mass is 10.0. The van der Waals surface area contributed by atoms with Crippen molar-refractivity contribution in [1.29, 1.82) is 0 Å². The van der Waals surface area contributed by atoms with E-state index >= 15 is 0 Å². The minimum absolute atomic E-state index is 0.348. The lowest BCUT2D eigenvalue weighted by molar-refractivity contribution is 0.239. The largest absolute Gasteiger partial charge is 0.472 e. The Morgan fingerprint density at radius 3 is 3.12 bits per heavy atom. The molecule has 1 saturated heterocycles. The van der Waals surface area contributed by atoms with Crippen molar-refractivity contribution in [2.24, 2.45) is 11.7 Å². The van der Waals surface area contributed by atoms with Gasteiger partial charge in [0, 0.05) is 18.7 Å². The van der Waals surface area contributed by atoms with Crippen molar-refractivity contribution < 1.29 is 4.42 Å². The van der Waals surface area contributed by atoms with Crippen LogP contribution >= 0.6 is 0 Å². The molecular formula is C13H22N2O. The first-order valence-electron chi connectivity index (χ1n) is 6.31. The first kappa shape index (κ1) is 11.7. The summed E-state index contributed by atoms with van der Waals surface area (Å²) >= 11 is 0. The molecule has 16 heavy (non-hydrogen) atoms. The molecule has 0 amide bonds. The van der Waals surface area contributed by atoms with E-state index in [0.29, 0.717) is 12.6 Å². The van der Waals surface area contributed by atoms with E-state index in [4.69, 9.17) is 10.2 Å². The van der Waals surface area contributed by atoms with Gasteiger partial charge in [-0.2, -0.15) is 0 Å². The maximum Gasteiger partial charge on any atom is 0.0950 e. The van der Waals surface area contributed by atoms with Gasteiger partial charge in [0.1, 0.15) is 0 Å². The van der Waals surface area contributed by atoms with Gasteiger partial charge in [-0.1, -0.05) is 13.3 Å². The molecule has 0 bridgehead atoms. The van der Waals surface area contributed by atoms with Crippen LogP contribution in [0.1, 0.15) is 37.8 Å². The van der Waals surface area contributed by atoms with Gasteiger partial charge in [0.05, 0.1) is 18.6 Å². The highest BCUT2D eigenvalue weighted by Gasteiger charge is 2.28. The lowest BCUT2D eigenvalue weighted by Gasteiger charge is -2.25. The second-order valence-electron chi connectivity index (χ2n) is 4.75. The average molecular weight is 222 g/mol. The van der Waals surface area contributed by atoms with E-state index in [1.54, 1.807) is 6.26 Å². The fourth-order valence-corrected chi connectivity index (χ4v) is 2.75. The van der Waals surface area contributed by atoms with Crippen molar-refractivity contribution in [3.05, 3.63) is 24.2 Å². The smallest absolute Gasteiger partial charge is 0.0950 e. The summed E-state index contributed by atoms with van der Waals surface area (Å²) in [5.41, 5.74) is 7.10. The number of furan rings is 1. The minimum Gasteiger partial charge on any atom is -0.472 e. The Labute approximate surface area is 97.6 Å². The third-order valence-electron chi connectivity index (χ3n) is 3.61. The van der Waals surface area contributed by atoms with Crippen molar-refractivity contribution >= 4 is 0 Å². The quantitative estimate of drug-likeness (QED) is 0.832. The summed E-state index contributed by atoms with van der Waals surface area (Å²) in [6, 6.07) is 2.38. The van der Waals surface area contributed by atoms with Gasteiger partial charge < -0.3 is 10.2 Å². The van der Waals surface area contributed by atoms with E-state index in [0.717, 1.165) is 5.92 Å². The third kappa shape index (κ3) is 2.47. The van der Waals surface area contributed by atoms with Crippen LogP contribution in [0.2, 0.25) is 0 Å². The van der Waals surface area contributed by atoms with E-state index in [-0.39, 0.29) is 0 Å². The SMILES string of the molecule is CCCC1CCN(C(CN)c2ccoc2)C1. The molecule has 1 aliphatic rings. The van der Waals surface area contributed by atoms with Gasteiger partial charge >= 0.3 is 0 Å². The molecule has 2 atom stereocenters. The maximum atomic E-state index is 5.88. The molecule has 1 aromatic heterocycles. The number of likely N-dealkylation sites (tertiary alicyclic amines) is 1. The first-order chi connectivity index (χ1) is 7.85. The van der Waals surface area contributed by atoms with E-state index in [1.165, 1.54) is 37.9 Å². The van der Waals surface area contributed by atoms with Crippen LogP contribution in [-0.2, 0) is 0 Å². The zero-order valence-electron chi connectivity index (χ0n) is 10.1. The molecule has 0 spiro atoms. The zero-order valence-corrected chi connectivity index (χ0v) is 10.1. The molecule has 0 aromatic carbocycles. The van der Waals surface area contributed by atoms with Crippen LogP contribution in [0.3, 0.4) is 0 Å². The maximum absolute atomic E-state index is 5.88. The summed E-state index contributed by atoms with van der Waals surface area (Å²) in [4.78, 5) is 2.51. The third-order valence-corrected chi connectivity index (χ3v) is 3.61. The molecule has 0 saturated carbocycles. The van der Waals surface area contributed by atoms with Gasteiger partial charge in [0.15, 0.2) is 0 Å². The fourth-order valence-electron chi connectivity index (χ4n) is 2.75. The highest BCUT2D eigenvalue weighted by atomic mass is 16.3. The predicted molar refractivity (Wildman–Crippen MR) is 65.1 cm³/mol. The van der Waals surface area contributed by atoms with E-state index in [1.807, 2.05) is 12.3 Å². The molecule has 3 heteroatoms. The molecule has 2 rings (SSSR count). The molecule has 0 aliphatic carbocycles. The Morgan fingerprint density at radius 2 is 2.50 bits per heavy atom. The molecule has 3 nitrogen and oxygen atoms in total. The molecule has 1 aromatic rings. The van der Waals surface area contributed by atoms with Crippen LogP contribution < -0.4 is 5.73 Å². The Bertz CT molecular complexity index is 297. The summed E-state index contributed by atoms with van der Waals surface area (Å²) < 4.78 is 5.15. The van der Waals surface area contributed by atoms with Crippen molar-refractivity contribution in [3.8, 4) is 0 Å². The normalized spacial score (nSPS) is 23.8. The molecule has 2 N–H and O–H groups in total. The number of nitrogens with two attached hydrogens (primary N) is 1. The Kier molecular flexibility index (Phi) is 4.02. The van der Waals surface area contributed by atoms with Gasteiger partial charge in [0.2, 0.25) is 0 Å². The monoisotopic (exact) mass is 222 g/mol. The van der Waals surface area contributed by atoms with E-state index < -0.39 is 0 Å². The van der Waals surface area contributed by atoms with Crippen LogP contribution in [-0.4, -0.2) is 24.5 Å². The van der Waals surface area contributed by atoms with Gasteiger partial charge in [-0.25, -0.2) is 0 Å². The van der Waals surface area contributed by atoms with E-state index in [9.17, 15) is 0 Å². The van der Waals surface area contributed by atoms with Crippen LogP contribution in [0.15, 0.2) is 23.0 Å². The van der Waals surface area contributed by atoms with Crippen molar-refractivity contribution in [2.45, 2.75) is 32.2 Å². The van der Waals surface area contributed by atoms with Crippen molar-refractivity contribution in [3.63, 3.8) is 0 Å². The van der Waals surface area contributed by atoms with Crippen molar-refractivity contribution in [1.82, 2.24) is 4.90 Å². The molecule has 1 fully saturated rings. The molecule has 2 unspecified atom stereocenters. The summed E-state index contributed by atoms with van der Waals surface area (Å²) in [7, 11) is 0. The molecular weight excluding hydrogens is 200 g/mol. The second kappa shape index (κ2) is 5.51. The Balaban J connectivity index is 1.96. The molecule has 1 aliphatic heterocycles. The number of hydrogen-bond acceptors (Lipinski definition) is 3. The van der Waals surface area contributed by atoms with Crippen LogP contribution in [0.5, 0.6) is 0 Å². The van der Waals surface area contributed by atoms with Gasteiger partial charge in [-0.3, -0.25) is 4.90 Å². The van der Waals surface area contributed by atoms with Crippen LogP contribution in [0.25, 0.3) is 0 Å². The second-order valence-corrected chi connectivity index (χ2v) is 4.75. The number of nitrogens with zero attached hydrogens (tertiary/aromatic N) is 1. The van der Waals surface area contributed by atoms with Gasteiger partial charge in [-0.15, -0.1) is 0 Å². The standard InChI is InChI=1S/C13H22N2O/c1-2-3-11-4-6-15(9-11)13(8-14)12-5-7-16-10-12/h5,7,10-11,13H,2-4,6,8-9,14H2,1H3. The molecule has 2 heterocycles. The van der Waals surface area contributed by atoms with Crippen LogP contribution in [0, 0.1) is 5.92 Å². The minimum atomic E-state index is 0.348. The van der Waals surface area contributed by atoms with E-state index in [2.05, 4.69) is 11.8 Å². The topological polar surface area (TPSA) is 42.4 Å². The van der Waals surface area contributed by atoms with Gasteiger partial charge in [0.25, 0.3) is 0 Å². The Morgan fingerprint density at radius 1 is 1.62 bits per heavy atom. The molecule has 90 valence electrons. The lowest BCUT2D eigenvalue weighted by Crippen LogP contribution is -2.31. The fraction of sp³-hybridized carbons (Fsp3) is 0.692. The van der Waals surface area contributed by atoms with Crippen LogP contribution in [0.4, 0.5) is 0 Å². The van der Waals surface area contributed by atoms with Gasteiger partial charge in [-0.05, 0) is 31.4 Å². The Hall–Kier alpha value is -0.800. The summed E-state index contributed by atoms with van der Waals surface area (Å²) in [5, 5.41) is 0. The highest BCUT2D eigenvalue weighted by Crippen LogP contribution is 2.29. The predicted octanol–water partition coefficient (Wildman–Crippen LogP) is 2.40. The summed E-state index contributed by atoms with van der Waals surface area (Å²) in [6.07, 6.45) is 7.52. The zero-order chi connectivity index (χ0) is 11.4. The molecule has 0 radical (unpaired) electrons. The first-order valence-corrected chi connectivity index (χ1v) is 6.31. The number of hydrogen-bond donors (Lipinski definition) is 1.